The number of anilines is 1. The highest BCUT2D eigenvalue weighted by atomic mass is 79.9. The number of carbonyl (C=O) groups is 1. The highest BCUT2D eigenvalue weighted by molar-refractivity contribution is 9.10. The molecule has 0 radical (unpaired) electrons. The summed E-state index contributed by atoms with van der Waals surface area (Å²) in [5, 5.41) is 0.353. The molecule has 2 N–H and O–H groups in total. The fourth-order valence-electron chi connectivity index (χ4n) is 1.65. The molecule has 0 bridgehead atoms. The second-order valence-corrected chi connectivity index (χ2v) is 5.17. The Hall–Kier alpha value is -1.52. The number of ketones is 1. The van der Waals surface area contributed by atoms with E-state index < -0.39 is 0 Å². The van der Waals surface area contributed by atoms with E-state index in [1.165, 1.54) is 0 Å². The van der Waals surface area contributed by atoms with Gasteiger partial charge in [-0.3, -0.25) is 4.79 Å². The number of nitrogens with two attached hydrogens (primary N) is 1. The summed E-state index contributed by atoms with van der Waals surface area (Å²) in [6.07, 6.45) is 0. The average molecular weight is 341 g/mol. The van der Waals surface area contributed by atoms with Crippen molar-refractivity contribution in [1.82, 2.24) is 0 Å². The molecule has 0 aliphatic carbocycles. The quantitative estimate of drug-likeness (QED) is 0.680. The molecule has 0 saturated carbocycles. The summed E-state index contributed by atoms with van der Waals surface area (Å²) in [6.45, 7) is 0. The van der Waals surface area contributed by atoms with Gasteiger partial charge >= 0.3 is 0 Å². The monoisotopic (exact) mass is 339 g/mol. The van der Waals surface area contributed by atoms with Crippen LogP contribution in [0, 0.1) is 0 Å². The van der Waals surface area contributed by atoms with Crippen molar-refractivity contribution >= 4 is 39.0 Å². The molecule has 0 heterocycles. The largest absolute Gasteiger partial charge is 0.497 e. The minimum atomic E-state index is -0.174. The molecule has 0 spiro atoms. The van der Waals surface area contributed by atoms with Crippen LogP contribution >= 0.6 is 27.5 Å². The Morgan fingerprint density at radius 2 is 2.00 bits per heavy atom. The summed E-state index contributed by atoms with van der Waals surface area (Å²) >= 11 is 9.37. The van der Waals surface area contributed by atoms with Gasteiger partial charge in [-0.05, 0) is 52.3 Å². The number of benzene rings is 2. The summed E-state index contributed by atoms with van der Waals surface area (Å²) in [5.41, 5.74) is 7.19. The summed E-state index contributed by atoms with van der Waals surface area (Å²) in [4.78, 5) is 12.3. The van der Waals surface area contributed by atoms with Gasteiger partial charge < -0.3 is 10.5 Å². The van der Waals surface area contributed by atoms with Gasteiger partial charge in [0.15, 0.2) is 5.78 Å². The van der Waals surface area contributed by atoms with Crippen molar-refractivity contribution < 1.29 is 9.53 Å². The van der Waals surface area contributed by atoms with Crippen LogP contribution in [0.5, 0.6) is 5.75 Å². The van der Waals surface area contributed by atoms with Crippen molar-refractivity contribution in [2.24, 2.45) is 0 Å². The zero-order valence-electron chi connectivity index (χ0n) is 10.1. The number of hydrogen-bond acceptors (Lipinski definition) is 3. The molecule has 2 aromatic rings. The highest BCUT2D eigenvalue weighted by Crippen LogP contribution is 2.27. The van der Waals surface area contributed by atoms with Crippen LogP contribution in [-0.4, -0.2) is 12.9 Å². The maximum Gasteiger partial charge on any atom is 0.194 e. The van der Waals surface area contributed by atoms with Crippen molar-refractivity contribution in [2.75, 3.05) is 12.8 Å². The lowest BCUT2D eigenvalue weighted by Gasteiger charge is -2.07. The number of methoxy groups -OCH3 is 1. The fourth-order valence-corrected chi connectivity index (χ4v) is 2.15. The van der Waals surface area contributed by atoms with Crippen molar-refractivity contribution in [3.8, 4) is 5.75 Å². The lowest BCUT2D eigenvalue weighted by atomic mass is 10.0. The lowest BCUT2D eigenvalue weighted by molar-refractivity contribution is 0.103. The molecule has 0 saturated heterocycles. The van der Waals surface area contributed by atoms with Gasteiger partial charge in [0.2, 0.25) is 0 Å². The van der Waals surface area contributed by atoms with Gasteiger partial charge in [-0.25, -0.2) is 0 Å². The molecule has 2 rings (SSSR count). The molecular weight excluding hydrogens is 330 g/mol. The van der Waals surface area contributed by atoms with Gasteiger partial charge in [0.05, 0.1) is 12.1 Å². The molecule has 3 nitrogen and oxygen atoms in total. The second kappa shape index (κ2) is 5.63. The zero-order valence-corrected chi connectivity index (χ0v) is 12.5. The molecule has 0 aromatic heterocycles. The Morgan fingerprint density at radius 3 is 2.58 bits per heavy atom. The van der Waals surface area contributed by atoms with Gasteiger partial charge in [0.25, 0.3) is 0 Å². The minimum Gasteiger partial charge on any atom is -0.497 e. The summed E-state index contributed by atoms with van der Waals surface area (Å²) in [6, 6.07) is 10.00. The maximum atomic E-state index is 12.3. The SMILES string of the molecule is COc1ccc(C(=O)c2ccc(Br)c(N)c2)c(Cl)c1. The summed E-state index contributed by atoms with van der Waals surface area (Å²) in [5.74, 6) is 0.434. The highest BCUT2D eigenvalue weighted by Gasteiger charge is 2.14. The van der Waals surface area contributed by atoms with E-state index in [0.29, 0.717) is 27.6 Å². The van der Waals surface area contributed by atoms with Crippen molar-refractivity contribution in [2.45, 2.75) is 0 Å². The van der Waals surface area contributed by atoms with E-state index in [2.05, 4.69) is 15.9 Å². The third-order valence-electron chi connectivity index (χ3n) is 2.68. The molecule has 0 amide bonds. The van der Waals surface area contributed by atoms with E-state index in [9.17, 15) is 4.79 Å². The molecule has 98 valence electrons. The van der Waals surface area contributed by atoms with Gasteiger partial charge in [-0.15, -0.1) is 0 Å². The van der Waals surface area contributed by atoms with Crippen LogP contribution in [0.2, 0.25) is 5.02 Å². The smallest absolute Gasteiger partial charge is 0.194 e. The molecule has 0 aliphatic rings. The Labute approximate surface area is 124 Å². The van der Waals surface area contributed by atoms with Gasteiger partial charge in [-0.1, -0.05) is 11.6 Å². The van der Waals surface area contributed by atoms with Crippen LogP contribution in [0.25, 0.3) is 0 Å². The standard InChI is InChI=1S/C14H11BrClNO2/c1-19-9-3-4-10(12(16)7-9)14(18)8-2-5-11(15)13(17)6-8/h2-7H,17H2,1H3. The van der Waals surface area contributed by atoms with E-state index >= 15 is 0 Å². The first-order valence-electron chi connectivity index (χ1n) is 5.46. The van der Waals surface area contributed by atoms with E-state index in [4.69, 9.17) is 22.1 Å². The fraction of sp³-hybridized carbons (Fsp3) is 0.0714. The van der Waals surface area contributed by atoms with Crippen molar-refractivity contribution in [1.29, 1.82) is 0 Å². The molecule has 5 heteroatoms. The van der Waals surface area contributed by atoms with E-state index in [0.717, 1.165) is 4.47 Å². The van der Waals surface area contributed by atoms with Crippen LogP contribution in [0.4, 0.5) is 5.69 Å². The maximum absolute atomic E-state index is 12.3. The van der Waals surface area contributed by atoms with E-state index in [-0.39, 0.29) is 5.78 Å². The predicted octanol–water partition coefficient (Wildman–Crippen LogP) is 3.92. The number of ether oxygens (including phenoxy) is 1. The van der Waals surface area contributed by atoms with E-state index in [1.807, 2.05) is 0 Å². The second-order valence-electron chi connectivity index (χ2n) is 3.91. The Morgan fingerprint density at radius 1 is 1.26 bits per heavy atom. The molecule has 0 unspecified atom stereocenters. The number of nitrogen functional groups attached to an aromatic ring is 1. The molecule has 0 fully saturated rings. The van der Waals surface area contributed by atoms with Crippen LogP contribution in [0.3, 0.4) is 0 Å². The number of carbonyl (C=O) groups excluding carboxylic acids is 1. The number of rotatable bonds is 3. The van der Waals surface area contributed by atoms with Gasteiger partial charge in [0.1, 0.15) is 5.75 Å². The summed E-state index contributed by atoms with van der Waals surface area (Å²) < 4.78 is 5.80. The Kier molecular flexibility index (Phi) is 4.12. The minimum absolute atomic E-state index is 0.174. The van der Waals surface area contributed by atoms with Crippen molar-refractivity contribution in [3.63, 3.8) is 0 Å². The van der Waals surface area contributed by atoms with Crippen LogP contribution in [0.1, 0.15) is 15.9 Å². The van der Waals surface area contributed by atoms with E-state index in [1.54, 1.807) is 43.5 Å². The third-order valence-corrected chi connectivity index (χ3v) is 3.71. The van der Waals surface area contributed by atoms with Crippen molar-refractivity contribution in [3.05, 3.63) is 57.0 Å². The van der Waals surface area contributed by atoms with Crippen LogP contribution in [0.15, 0.2) is 40.9 Å². The predicted molar refractivity (Wildman–Crippen MR) is 80.0 cm³/mol. The van der Waals surface area contributed by atoms with Gasteiger partial charge in [-0.2, -0.15) is 0 Å². The normalized spacial score (nSPS) is 10.3. The molecule has 19 heavy (non-hydrogen) atoms. The summed E-state index contributed by atoms with van der Waals surface area (Å²) in [7, 11) is 1.54. The Balaban J connectivity index is 2.41. The van der Waals surface area contributed by atoms with Crippen LogP contribution < -0.4 is 10.5 Å². The number of halogens is 2. The molecule has 2 aromatic carbocycles. The first-order chi connectivity index (χ1) is 9.02. The van der Waals surface area contributed by atoms with Gasteiger partial charge in [0, 0.05) is 21.3 Å². The average Bonchev–Trinajstić information content (AvgIpc) is 2.41. The Bertz CT molecular complexity index is 643. The third kappa shape index (κ3) is 2.91. The molecule has 0 atom stereocenters. The zero-order chi connectivity index (χ0) is 14.0. The first-order valence-corrected chi connectivity index (χ1v) is 6.63. The molecular formula is C14H11BrClNO2. The molecule has 0 aliphatic heterocycles. The lowest BCUT2D eigenvalue weighted by Crippen LogP contribution is -2.03. The number of hydrogen-bond donors (Lipinski definition) is 1. The first kappa shape index (κ1) is 13.9. The van der Waals surface area contributed by atoms with Crippen LogP contribution in [-0.2, 0) is 0 Å². The topological polar surface area (TPSA) is 52.3 Å².